The van der Waals surface area contributed by atoms with E-state index in [1.807, 2.05) is 61.7 Å². The Labute approximate surface area is 157 Å². The summed E-state index contributed by atoms with van der Waals surface area (Å²) in [4.78, 5) is 7.65. The first-order valence-electron chi connectivity index (χ1n) is 8.73. The highest BCUT2D eigenvalue weighted by Crippen LogP contribution is 2.36. The van der Waals surface area contributed by atoms with Gasteiger partial charge in [0.2, 0.25) is 0 Å². The van der Waals surface area contributed by atoms with Crippen molar-refractivity contribution < 1.29 is 15.2 Å². The second-order valence-electron chi connectivity index (χ2n) is 6.48. The number of hydrogen-bond acceptors (Lipinski definition) is 4. The Bertz CT molecular complexity index is 1100. The van der Waals surface area contributed by atoms with Crippen LogP contribution in [0.3, 0.4) is 0 Å². The van der Waals surface area contributed by atoms with Crippen LogP contribution in [-0.4, -0.2) is 15.2 Å². The molecule has 0 bridgehead atoms. The summed E-state index contributed by atoms with van der Waals surface area (Å²) in [7, 11) is 0. The summed E-state index contributed by atoms with van der Waals surface area (Å²) in [6.07, 6.45) is 1.83. The number of fused-ring (bicyclic) bond motifs is 1. The largest absolute Gasteiger partial charge is 0.508 e. The number of aromatic hydroxyl groups is 2. The van der Waals surface area contributed by atoms with E-state index in [1.54, 1.807) is 18.2 Å². The topological polar surface area (TPSA) is 79.5 Å². The number of anilines is 1. The molecule has 2 aromatic heterocycles. The van der Waals surface area contributed by atoms with Gasteiger partial charge in [-0.05, 0) is 37.3 Å². The van der Waals surface area contributed by atoms with Crippen LogP contribution in [0.25, 0.3) is 10.9 Å². The third kappa shape index (κ3) is 3.40. The smallest absolute Gasteiger partial charge is 0.272 e. The molecule has 134 valence electrons. The predicted molar refractivity (Wildman–Crippen MR) is 105 cm³/mol. The van der Waals surface area contributed by atoms with Gasteiger partial charge in [-0.2, -0.15) is 0 Å². The maximum atomic E-state index is 11.0. The van der Waals surface area contributed by atoms with Crippen LogP contribution in [0.2, 0.25) is 0 Å². The van der Waals surface area contributed by atoms with Gasteiger partial charge < -0.3 is 10.2 Å². The Morgan fingerprint density at radius 3 is 2.59 bits per heavy atom. The van der Waals surface area contributed by atoms with Crippen molar-refractivity contribution >= 4 is 16.7 Å². The zero-order valence-corrected chi connectivity index (χ0v) is 14.8. The Balaban J connectivity index is 1.87. The molecule has 0 aliphatic heterocycles. The Morgan fingerprint density at radius 1 is 0.963 bits per heavy atom. The normalized spacial score (nSPS) is 12.0. The second kappa shape index (κ2) is 6.96. The van der Waals surface area contributed by atoms with Gasteiger partial charge in [0.05, 0.1) is 6.20 Å². The number of nitrogens with zero attached hydrogens (tertiary/aromatic N) is 1. The fourth-order valence-electron chi connectivity index (χ4n) is 3.20. The molecule has 0 aliphatic carbocycles. The number of phenolic OH excluding ortho intramolecular Hbond substituents is 2. The summed E-state index contributed by atoms with van der Waals surface area (Å²) < 4.78 is 0. The van der Waals surface area contributed by atoms with E-state index in [4.69, 9.17) is 0 Å². The lowest BCUT2D eigenvalue weighted by Gasteiger charge is -2.18. The van der Waals surface area contributed by atoms with Crippen molar-refractivity contribution in [1.29, 1.82) is 0 Å². The lowest BCUT2D eigenvalue weighted by molar-refractivity contribution is -0.361. The maximum Gasteiger partial charge on any atom is 0.272 e. The van der Waals surface area contributed by atoms with Gasteiger partial charge in [0.1, 0.15) is 23.1 Å². The summed E-state index contributed by atoms with van der Waals surface area (Å²) in [6, 6.07) is 20.1. The van der Waals surface area contributed by atoms with Gasteiger partial charge in [-0.25, -0.2) is 9.97 Å². The molecular weight excluding hydrogens is 338 g/mol. The van der Waals surface area contributed by atoms with Gasteiger partial charge in [-0.3, -0.25) is 5.32 Å². The molecule has 2 aromatic carbocycles. The molecule has 0 fully saturated rings. The number of nitrogens with one attached hydrogen (secondary N) is 2. The van der Waals surface area contributed by atoms with Crippen LogP contribution in [0.4, 0.5) is 5.82 Å². The molecule has 0 radical (unpaired) electrons. The van der Waals surface area contributed by atoms with Gasteiger partial charge >= 0.3 is 0 Å². The van der Waals surface area contributed by atoms with Crippen LogP contribution in [0.5, 0.6) is 11.5 Å². The van der Waals surface area contributed by atoms with E-state index in [0.717, 1.165) is 22.5 Å². The van der Waals surface area contributed by atoms with Crippen molar-refractivity contribution in [2.24, 2.45) is 0 Å². The first kappa shape index (κ1) is 16.8. The van der Waals surface area contributed by atoms with E-state index in [-0.39, 0.29) is 17.5 Å². The highest BCUT2D eigenvalue weighted by atomic mass is 16.3. The van der Waals surface area contributed by atoms with Crippen LogP contribution in [-0.2, 0) is 0 Å². The molecule has 1 atom stereocenters. The van der Waals surface area contributed by atoms with E-state index in [1.165, 1.54) is 0 Å². The molecule has 0 saturated carbocycles. The van der Waals surface area contributed by atoms with Crippen molar-refractivity contribution in [2.45, 2.75) is 13.0 Å². The van der Waals surface area contributed by atoms with Gasteiger partial charge in [0.15, 0.2) is 0 Å². The van der Waals surface area contributed by atoms with Crippen LogP contribution in [0.1, 0.15) is 22.9 Å². The second-order valence-corrected chi connectivity index (χ2v) is 6.48. The molecule has 0 spiro atoms. The number of hydrogen-bond donors (Lipinski definition) is 3. The van der Waals surface area contributed by atoms with E-state index in [2.05, 4.69) is 15.3 Å². The van der Waals surface area contributed by atoms with Gasteiger partial charge in [-0.1, -0.05) is 30.3 Å². The number of benzene rings is 2. The molecule has 0 unspecified atom stereocenters. The minimum absolute atomic E-state index is 0.132. The van der Waals surface area contributed by atoms with Crippen molar-refractivity contribution in [2.75, 3.05) is 5.32 Å². The fraction of sp³-hybridized carbons (Fsp3) is 0.0909. The minimum Gasteiger partial charge on any atom is -0.508 e. The first-order valence-corrected chi connectivity index (χ1v) is 8.73. The van der Waals surface area contributed by atoms with Crippen molar-refractivity contribution in [3.8, 4) is 11.5 Å². The summed E-state index contributed by atoms with van der Waals surface area (Å²) in [5.74, 6) is 1.10. The monoisotopic (exact) mass is 358 g/mol. The zero-order chi connectivity index (χ0) is 18.8. The molecule has 2 heterocycles. The van der Waals surface area contributed by atoms with Crippen LogP contribution >= 0.6 is 0 Å². The Hall–Kier alpha value is -3.60. The number of H-pyrrole nitrogens is 1. The Kier molecular flexibility index (Phi) is 4.34. The van der Waals surface area contributed by atoms with Crippen molar-refractivity contribution in [1.82, 2.24) is 4.98 Å². The Morgan fingerprint density at radius 2 is 1.81 bits per heavy atom. The number of phenols is 2. The highest BCUT2D eigenvalue weighted by molar-refractivity contribution is 5.86. The summed E-state index contributed by atoms with van der Waals surface area (Å²) in [6.45, 7) is 1.90. The molecule has 4 N–H and O–H groups in total. The molecule has 5 heteroatoms. The number of pyridine rings is 2. The minimum atomic E-state index is -0.373. The van der Waals surface area contributed by atoms with Crippen molar-refractivity contribution in [3.05, 3.63) is 89.7 Å². The third-order valence-corrected chi connectivity index (χ3v) is 4.53. The molecule has 0 amide bonds. The standard InChI is InChI=1S/C22H19N3O2/c1-14-8-9-15-10-11-18(22(27)21(15)24-14)20(16-5-4-6-17(26)13-16)25-19-7-2-3-12-23-19/h2-13,20,26-27H,1H3,(H,23,25)/p+1/t20-/m0/s1. The average Bonchev–Trinajstić information content (AvgIpc) is 2.68. The predicted octanol–water partition coefficient (Wildman–Crippen LogP) is 3.97. The zero-order valence-electron chi connectivity index (χ0n) is 14.8. The third-order valence-electron chi connectivity index (χ3n) is 4.53. The molecule has 0 saturated heterocycles. The van der Waals surface area contributed by atoms with Crippen LogP contribution in [0.15, 0.2) is 72.9 Å². The van der Waals surface area contributed by atoms with E-state index in [9.17, 15) is 10.2 Å². The lowest BCUT2D eigenvalue weighted by atomic mass is 9.96. The quantitative estimate of drug-likeness (QED) is 0.516. The lowest BCUT2D eigenvalue weighted by Crippen LogP contribution is -2.18. The highest BCUT2D eigenvalue weighted by Gasteiger charge is 2.24. The number of rotatable bonds is 4. The molecule has 4 rings (SSSR count). The molecule has 27 heavy (non-hydrogen) atoms. The van der Waals surface area contributed by atoms with Gasteiger partial charge in [0, 0.05) is 28.3 Å². The van der Waals surface area contributed by atoms with Crippen LogP contribution in [0, 0.1) is 6.92 Å². The molecular formula is C22H20N3O2+. The number of aryl methyl sites for hydroxylation is 1. The molecule has 0 aliphatic rings. The fourth-order valence-corrected chi connectivity index (χ4v) is 3.20. The van der Waals surface area contributed by atoms with E-state index < -0.39 is 0 Å². The van der Waals surface area contributed by atoms with Crippen LogP contribution < -0.4 is 10.3 Å². The summed E-state index contributed by atoms with van der Waals surface area (Å²) in [5, 5.41) is 25.2. The maximum absolute atomic E-state index is 11.0. The van der Waals surface area contributed by atoms with Crippen molar-refractivity contribution in [3.63, 3.8) is 0 Å². The average molecular weight is 358 g/mol. The molecule has 5 nitrogen and oxygen atoms in total. The van der Waals surface area contributed by atoms with Gasteiger partial charge in [0.25, 0.3) is 5.82 Å². The van der Waals surface area contributed by atoms with Gasteiger partial charge in [-0.15, -0.1) is 0 Å². The SMILES string of the molecule is Cc1ccc2ccc([C@@H](Nc3cccc[nH+]3)c3cccc(O)c3)c(O)c2n1. The van der Waals surface area contributed by atoms with E-state index >= 15 is 0 Å². The summed E-state index contributed by atoms with van der Waals surface area (Å²) in [5.41, 5.74) is 2.92. The van der Waals surface area contributed by atoms with E-state index in [0.29, 0.717) is 11.1 Å². The number of aromatic nitrogens is 2. The first-order chi connectivity index (χ1) is 13.1. The number of aromatic amines is 1. The molecule has 4 aromatic rings. The summed E-state index contributed by atoms with van der Waals surface area (Å²) >= 11 is 0.